The maximum absolute atomic E-state index is 14.4. The molecule has 1 aliphatic heterocycles. The minimum absolute atomic E-state index is 0.168. The zero-order valence-corrected chi connectivity index (χ0v) is 24.0. The third kappa shape index (κ3) is 5.70. The Morgan fingerprint density at radius 1 is 1.20 bits per heavy atom. The summed E-state index contributed by atoms with van der Waals surface area (Å²) >= 11 is 6.59. The summed E-state index contributed by atoms with van der Waals surface area (Å²) in [6.07, 6.45) is 2.32. The second-order valence-corrected chi connectivity index (χ2v) is 11.4. The number of nitrogens with zero attached hydrogens (tertiary/aromatic N) is 5. The van der Waals surface area contributed by atoms with E-state index in [1.807, 2.05) is 6.07 Å². The number of amides is 3. The van der Waals surface area contributed by atoms with Crippen LogP contribution in [0.4, 0.5) is 20.3 Å². The van der Waals surface area contributed by atoms with Crippen molar-refractivity contribution < 1.29 is 23.2 Å². The molecular formula is C31H26ClF2N7O3. The van der Waals surface area contributed by atoms with E-state index in [9.17, 15) is 28.4 Å². The van der Waals surface area contributed by atoms with E-state index in [-0.39, 0.29) is 29.6 Å². The van der Waals surface area contributed by atoms with Gasteiger partial charge < -0.3 is 5.32 Å². The molecule has 13 heteroatoms. The first-order chi connectivity index (χ1) is 21.1. The van der Waals surface area contributed by atoms with Crippen molar-refractivity contribution in [1.82, 2.24) is 20.5 Å². The Kier molecular flexibility index (Phi) is 7.73. The fourth-order valence-electron chi connectivity index (χ4n) is 5.83. The summed E-state index contributed by atoms with van der Waals surface area (Å²) in [7, 11) is 0. The summed E-state index contributed by atoms with van der Waals surface area (Å²) < 4.78 is 27.4. The average molecular weight is 618 g/mol. The molecule has 0 spiro atoms. The van der Waals surface area contributed by atoms with Crippen molar-refractivity contribution in [1.29, 1.82) is 5.26 Å². The standard InChI is InChI=1S/C31H26ClF2N7O3/c32-24-4-2-1-3-23(24)29(30(44)38-20-14-31(33,34)15-20)41(21-5-7-25-19(12-21)17-37-39-25)28(43)13-22-6-8-27(42)40(22)26-11-18(16-35)9-10-36-26/h1-5,7,9-12,17,20,22,29H,6,8,13-15H2,(H,37,39)(H,38,44)/t22-,29-/m0/s1. The molecule has 224 valence electrons. The zero-order valence-electron chi connectivity index (χ0n) is 23.2. The van der Waals surface area contributed by atoms with Gasteiger partial charge in [0.15, 0.2) is 0 Å². The largest absolute Gasteiger partial charge is 0.351 e. The zero-order chi connectivity index (χ0) is 31.0. The number of carbonyl (C=O) groups is 3. The van der Waals surface area contributed by atoms with Gasteiger partial charge >= 0.3 is 0 Å². The molecule has 2 aromatic heterocycles. The van der Waals surface area contributed by atoms with Gasteiger partial charge in [-0.25, -0.2) is 13.8 Å². The van der Waals surface area contributed by atoms with Gasteiger partial charge in [0.1, 0.15) is 11.9 Å². The first-order valence-corrected chi connectivity index (χ1v) is 14.4. The van der Waals surface area contributed by atoms with Gasteiger partial charge in [0.2, 0.25) is 17.7 Å². The first kappa shape index (κ1) is 29.2. The number of rotatable bonds is 8. The molecule has 2 aromatic carbocycles. The molecule has 0 unspecified atom stereocenters. The van der Waals surface area contributed by atoms with E-state index in [4.69, 9.17) is 11.6 Å². The Balaban J connectivity index is 1.40. The number of nitrogens with one attached hydrogen (secondary N) is 2. The number of H-pyrrole nitrogens is 1. The van der Waals surface area contributed by atoms with Crippen LogP contribution >= 0.6 is 11.6 Å². The summed E-state index contributed by atoms with van der Waals surface area (Å²) in [5.41, 5.74) is 1.67. The first-order valence-electron chi connectivity index (χ1n) is 14.0. The van der Waals surface area contributed by atoms with Crippen molar-refractivity contribution in [2.24, 2.45) is 0 Å². The molecule has 3 amide bonds. The third-order valence-electron chi connectivity index (χ3n) is 7.97. The molecule has 2 atom stereocenters. The number of pyridine rings is 1. The summed E-state index contributed by atoms with van der Waals surface area (Å²) in [4.78, 5) is 48.3. The van der Waals surface area contributed by atoms with Crippen LogP contribution in [0.1, 0.15) is 49.3 Å². The van der Waals surface area contributed by atoms with Gasteiger partial charge in [-0.1, -0.05) is 29.8 Å². The van der Waals surface area contributed by atoms with Gasteiger partial charge in [-0.3, -0.25) is 29.3 Å². The van der Waals surface area contributed by atoms with Gasteiger partial charge in [0, 0.05) is 65.6 Å². The molecule has 2 N–H and O–H groups in total. The lowest BCUT2D eigenvalue weighted by Crippen LogP contribution is -2.54. The van der Waals surface area contributed by atoms with Gasteiger partial charge in [0.25, 0.3) is 5.92 Å². The average Bonchev–Trinajstić information content (AvgIpc) is 3.61. The SMILES string of the molecule is N#Cc1ccnc(N2C(=O)CC[C@H]2CC(=O)N(c2ccc3[nH]ncc3c2)[C@H](C(=O)NC2CC(F)(F)C2)c2ccccc2Cl)c1. The highest BCUT2D eigenvalue weighted by molar-refractivity contribution is 6.31. The normalized spacial score (nSPS) is 18.5. The molecule has 2 fully saturated rings. The second kappa shape index (κ2) is 11.7. The van der Waals surface area contributed by atoms with E-state index in [0.29, 0.717) is 34.1 Å². The summed E-state index contributed by atoms with van der Waals surface area (Å²) in [6, 6.07) is 14.0. The van der Waals surface area contributed by atoms with Crippen LogP contribution in [0, 0.1) is 11.3 Å². The lowest BCUT2D eigenvalue weighted by molar-refractivity contribution is -0.133. The second-order valence-electron chi connectivity index (χ2n) is 11.0. The molecule has 10 nitrogen and oxygen atoms in total. The van der Waals surface area contributed by atoms with Crippen LogP contribution < -0.4 is 15.1 Å². The van der Waals surface area contributed by atoms with Crippen LogP contribution in [0.2, 0.25) is 5.02 Å². The monoisotopic (exact) mass is 617 g/mol. The van der Waals surface area contributed by atoms with Gasteiger partial charge in [-0.05, 0) is 42.8 Å². The Morgan fingerprint density at radius 2 is 2.00 bits per heavy atom. The number of fused-ring (bicyclic) bond motifs is 1. The van der Waals surface area contributed by atoms with E-state index in [2.05, 4.69) is 20.5 Å². The highest BCUT2D eigenvalue weighted by Crippen LogP contribution is 2.39. The molecule has 6 rings (SSSR count). The molecule has 4 aromatic rings. The number of hydrogen-bond donors (Lipinski definition) is 2. The molecule has 2 aliphatic rings. The Bertz CT molecular complexity index is 1800. The number of hydrogen-bond acceptors (Lipinski definition) is 6. The van der Waals surface area contributed by atoms with Crippen LogP contribution in [-0.2, 0) is 14.4 Å². The van der Waals surface area contributed by atoms with E-state index in [1.165, 1.54) is 28.1 Å². The van der Waals surface area contributed by atoms with Crippen LogP contribution in [0.3, 0.4) is 0 Å². The Hall–Kier alpha value is -4.89. The summed E-state index contributed by atoms with van der Waals surface area (Å²) in [5.74, 6) is -4.03. The van der Waals surface area contributed by atoms with Crippen molar-refractivity contribution in [3.8, 4) is 6.07 Å². The highest BCUT2D eigenvalue weighted by Gasteiger charge is 2.47. The molecule has 0 bridgehead atoms. The third-order valence-corrected chi connectivity index (χ3v) is 8.31. The van der Waals surface area contributed by atoms with E-state index < -0.39 is 48.7 Å². The van der Waals surface area contributed by atoms with Gasteiger partial charge in [0.05, 0.1) is 23.3 Å². The molecule has 44 heavy (non-hydrogen) atoms. The minimum Gasteiger partial charge on any atom is -0.351 e. The fraction of sp³-hybridized carbons (Fsp3) is 0.290. The number of aromatic nitrogens is 3. The number of carbonyl (C=O) groups excluding carboxylic acids is 3. The molecule has 1 saturated heterocycles. The summed E-state index contributed by atoms with van der Waals surface area (Å²) in [6.45, 7) is 0. The van der Waals surface area contributed by atoms with Crippen LogP contribution in [-0.4, -0.2) is 50.9 Å². The molecular weight excluding hydrogens is 592 g/mol. The lowest BCUT2D eigenvalue weighted by atomic mass is 9.87. The minimum atomic E-state index is -2.87. The van der Waals surface area contributed by atoms with Crippen LogP contribution in [0.15, 0.2) is 67.0 Å². The van der Waals surface area contributed by atoms with Gasteiger partial charge in [-0.2, -0.15) is 10.4 Å². The maximum atomic E-state index is 14.4. The molecule has 1 saturated carbocycles. The maximum Gasteiger partial charge on any atom is 0.252 e. The topological polar surface area (TPSA) is 135 Å². The van der Waals surface area contributed by atoms with Crippen molar-refractivity contribution in [2.45, 2.75) is 56.2 Å². The van der Waals surface area contributed by atoms with Crippen molar-refractivity contribution in [3.05, 3.63) is 83.1 Å². The van der Waals surface area contributed by atoms with Crippen LogP contribution in [0.5, 0.6) is 0 Å². The quantitative estimate of drug-likeness (QED) is 0.284. The Labute approximate surface area is 255 Å². The number of alkyl halides is 2. The Morgan fingerprint density at radius 3 is 2.75 bits per heavy atom. The number of nitriles is 1. The summed E-state index contributed by atoms with van der Waals surface area (Å²) in [5, 5.41) is 19.8. The number of halogens is 3. The number of aromatic amines is 1. The highest BCUT2D eigenvalue weighted by atomic mass is 35.5. The van der Waals surface area contributed by atoms with E-state index >= 15 is 0 Å². The van der Waals surface area contributed by atoms with Gasteiger partial charge in [-0.15, -0.1) is 0 Å². The number of benzene rings is 2. The van der Waals surface area contributed by atoms with Crippen molar-refractivity contribution in [2.75, 3.05) is 9.80 Å². The van der Waals surface area contributed by atoms with Crippen LogP contribution in [0.25, 0.3) is 10.9 Å². The van der Waals surface area contributed by atoms with E-state index in [1.54, 1.807) is 48.7 Å². The number of anilines is 2. The smallest absolute Gasteiger partial charge is 0.252 e. The van der Waals surface area contributed by atoms with Crippen molar-refractivity contribution >= 4 is 51.7 Å². The molecule has 1 aliphatic carbocycles. The molecule has 0 radical (unpaired) electrons. The lowest BCUT2D eigenvalue weighted by Gasteiger charge is -2.38. The van der Waals surface area contributed by atoms with Crippen molar-refractivity contribution in [3.63, 3.8) is 0 Å². The predicted octanol–water partition coefficient (Wildman–Crippen LogP) is 5.06. The fourth-order valence-corrected chi connectivity index (χ4v) is 6.06. The predicted molar refractivity (Wildman–Crippen MR) is 158 cm³/mol. The molecule has 3 heterocycles. The van der Waals surface area contributed by atoms with E-state index in [0.717, 1.165) is 0 Å².